The van der Waals surface area contributed by atoms with Gasteiger partial charge in [-0.1, -0.05) is 41.5 Å². The molecule has 1 aromatic carbocycles. The minimum absolute atomic E-state index is 0.104. The van der Waals surface area contributed by atoms with E-state index in [1.807, 2.05) is 41.5 Å². The van der Waals surface area contributed by atoms with Crippen LogP contribution in [0.2, 0.25) is 0 Å². The van der Waals surface area contributed by atoms with E-state index in [2.05, 4.69) is 0 Å². The molecule has 0 bridgehead atoms. The van der Waals surface area contributed by atoms with Gasteiger partial charge in [-0.15, -0.1) is 0 Å². The molecule has 2 aromatic heterocycles. The van der Waals surface area contributed by atoms with Crippen LogP contribution >= 0.6 is 0 Å². The Balaban J connectivity index is 2.06. The van der Waals surface area contributed by atoms with Gasteiger partial charge >= 0.3 is 6.18 Å². The number of hydrogen-bond donors (Lipinski definition) is 2. The first kappa shape index (κ1) is 23.6. The van der Waals surface area contributed by atoms with Gasteiger partial charge < -0.3 is 9.67 Å². The van der Waals surface area contributed by atoms with E-state index in [1.54, 1.807) is 12.1 Å². The molecule has 172 valence electrons. The predicted octanol–water partition coefficient (Wildman–Crippen LogP) is 5.42. The van der Waals surface area contributed by atoms with E-state index in [0.717, 1.165) is 12.1 Å². The number of rotatable bonds is 3. The maximum Gasteiger partial charge on any atom is 0.416 e. The number of carbonyl (C=O) groups excluding carboxylic acids is 1. The molecule has 32 heavy (non-hydrogen) atoms. The number of fused-ring (bicyclic) bond motifs is 1. The first-order valence-corrected chi connectivity index (χ1v) is 10.2. The number of Topliss-reactive ketones (excluding diaryl/α,β-unsaturated/α-hetero) is 1. The molecule has 5 nitrogen and oxygen atoms in total. The number of phenolic OH excluding ortho intramolecular Hbond substituents is 1. The highest BCUT2D eigenvalue weighted by Gasteiger charge is 2.31. The highest BCUT2D eigenvalue weighted by molar-refractivity contribution is 5.96. The van der Waals surface area contributed by atoms with Crippen molar-refractivity contribution in [3.63, 3.8) is 0 Å². The third-order valence-electron chi connectivity index (χ3n) is 5.46. The van der Waals surface area contributed by atoms with Crippen LogP contribution in [-0.2, 0) is 23.6 Å². The monoisotopic (exact) mass is 447 g/mol. The quantitative estimate of drug-likeness (QED) is 0.526. The van der Waals surface area contributed by atoms with Gasteiger partial charge in [0.25, 0.3) is 0 Å². The van der Waals surface area contributed by atoms with E-state index < -0.39 is 22.6 Å². The van der Waals surface area contributed by atoms with Crippen LogP contribution in [-0.4, -0.2) is 19.9 Å². The largest absolute Gasteiger partial charge is 0.507 e. The molecule has 3 rings (SSSR count). The summed E-state index contributed by atoms with van der Waals surface area (Å²) >= 11 is 0. The van der Waals surface area contributed by atoms with E-state index in [9.17, 15) is 23.1 Å². The van der Waals surface area contributed by atoms with Crippen molar-refractivity contribution in [2.75, 3.05) is 0 Å². The number of alkyl halides is 3. The number of ketones is 1. The van der Waals surface area contributed by atoms with Gasteiger partial charge in [-0.05, 0) is 35.1 Å². The standard InChI is InChI=1S/C24H28F3N3O2/c1-22(2,3)17-9-14(10-18(20(17)32)23(4,5)6)19(31)13-29-12-16-11-15(24(25,26)27)7-8-30(16)21(29)28/h7-12,28,32H,13H2,1-6H3. The molecule has 0 spiro atoms. The maximum absolute atomic E-state index is 13.2. The first-order chi connectivity index (χ1) is 14.5. The van der Waals surface area contributed by atoms with Crippen LogP contribution in [0.5, 0.6) is 5.75 Å². The summed E-state index contributed by atoms with van der Waals surface area (Å²) in [7, 11) is 0. The molecule has 0 unspecified atom stereocenters. The van der Waals surface area contributed by atoms with E-state index in [-0.39, 0.29) is 29.2 Å². The molecular weight excluding hydrogens is 419 g/mol. The van der Waals surface area contributed by atoms with Gasteiger partial charge in [-0.25, -0.2) is 0 Å². The van der Waals surface area contributed by atoms with E-state index in [0.29, 0.717) is 16.7 Å². The van der Waals surface area contributed by atoms with Gasteiger partial charge in [0.1, 0.15) is 5.75 Å². The fourth-order valence-corrected chi connectivity index (χ4v) is 3.65. The number of hydrogen-bond acceptors (Lipinski definition) is 3. The van der Waals surface area contributed by atoms with Crippen LogP contribution in [0.3, 0.4) is 0 Å². The Labute approximate surface area is 184 Å². The lowest BCUT2D eigenvalue weighted by Gasteiger charge is -2.28. The molecule has 0 saturated carbocycles. The van der Waals surface area contributed by atoms with Crippen molar-refractivity contribution in [3.05, 3.63) is 64.5 Å². The van der Waals surface area contributed by atoms with Crippen molar-refractivity contribution in [1.29, 1.82) is 5.41 Å². The second kappa shape index (κ2) is 7.53. The molecule has 0 saturated heterocycles. The molecular formula is C24H28F3N3O2. The molecule has 2 N–H and O–H groups in total. The number of nitrogens with zero attached hydrogens (tertiary/aromatic N) is 2. The van der Waals surface area contributed by atoms with Gasteiger partial charge in [0.2, 0.25) is 5.62 Å². The lowest BCUT2D eigenvalue weighted by atomic mass is 9.78. The molecule has 0 aliphatic carbocycles. The van der Waals surface area contributed by atoms with Crippen LogP contribution in [0.15, 0.2) is 36.7 Å². The third-order valence-corrected chi connectivity index (χ3v) is 5.46. The Morgan fingerprint density at radius 2 is 1.53 bits per heavy atom. The smallest absolute Gasteiger partial charge is 0.416 e. The zero-order valence-electron chi connectivity index (χ0n) is 19.1. The summed E-state index contributed by atoms with van der Waals surface area (Å²) < 4.78 is 41.7. The van der Waals surface area contributed by atoms with E-state index >= 15 is 0 Å². The minimum atomic E-state index is -4.49. The zero-order chi connectivity index (χ0) is 24.2. The number of benzene rings is 1. The molecule has 0 fully saturated rings. The van der Waals surface area contributed by atoms with E-state index in [4.69, 9.17) is 5.41 Å². The van der Waals surface area contributed by atoms with Crippen molar-refractivity contribution >= 4 is 11.3 Å². The lowest BCUT2D eigenvalue weighted by molar-refractivity contribution is -0.137. The first-order valence-electron chi connectivity index (χ1n) is 10.2. The third kappa shape index (κ3) is 4.45. The number of imidazole rings is 1. The van der Waals surface area contributed by atoms with Crippen LogP contribution < -0.4 is 5.62 Å². The molecule has 0 amide bonds. The Morgan fingerprint density at radius 3 is 2.00 bits per heavy atom. The number of aromatic nitrogens is 2. The van der Waals surface area contributed by atoms with E-state index in [1.165, 1.54) is 21.4 Å². The maximum atomic E-state index is 13.2. The van der Waals surface area contributed by atoms with Crippen LogP contribution in [0.1, 0.15) is 68.6 Å². The SMILES string of the molecule is CC(C)(C)c1cc(C(=O)Cn2cc3cc(C(F)(F)F)ccn3c2=N)cc(C(C)(C)C)c1O. The summed E-state index contributed by atoms with van der Waals surface area (Å²) in [4.78, 5) is 13.2. The Hall–Kier alpha value is -3.03. The van der Waals surface area contributed by atoms with Gasteiger partial charge in [0, 0.05) is 29.1 Å². The van der Waals surface area contributed by atoms with Gasteiger partial charge in [-0.2, -0.15) is 13.2 Å². The minimum Gasteiger partial charge on any atom is -0.507 e. The predicted molar refractivity (Wildman–Crippen MR) is 116 cm³/mol. The topological polar surface area (TPSA) is 70.5 Å². The summed E-state index contributed by atoms with van der Waals surface area (Å²) in [5.74, 6) is -0.142. The number of phenols is 1. The average Bonchev–Trinajstić information content (AvgIpc) is 2.94. The fourth-order valence-electron chi connectivity index (χ4n) is 3.65. The highest BCUT2D eigenvalue weighted by Crippen LogP contribution is 2.40. The van der Waals surface area contributed by atoms with Gasteiger partial charge in [0.05, 0.1) is 17.6 Å². The number of aromatic hydroxyl groups is 1. The van der Waals surface area contributed by atoms with Gasteiger partial charge in [-0.3, -0.25) is 14.6 Å². The normalized spacial score (nSPS) is 13.0. The Morgan fingerprint density at radius 1 is 1.00 bits per heavy atom. The summed E-state index contributed by atoms with van der Waals surface area (Å²) in [6.07, 6.45) is -1.95. The molecule has 0 atom stereocenters. The zero-order valence-corrected chi connectivity index (χ0v) is 19.1. The summed E-state index contributed by atoms with van der Waals surface area (Å²) in [5.41, 5.74) is 0.101. The van der Waals surface area contributed by atoms with Crippen molar-refractivity contribution in [2.45, 2.75) is 65.1 Å². The summed E-state index contributed by atoms with van der Waals surface area (Å²) in [6.45, 7) is 11.4. The molecule has 3 aromatic rings. The lowest BCUT2D eigenvalue weighted by Crippen LogP contribution is -2.25. The second-order valence-corrected chi connectivity index (χ2v) is 10.1. The number of nitrogens with one attached hydrogen (secondary N) is 1. The van der Waals surface area contributed by atoms with Crippen LogP contribution in [0.25, 0.3) is 5.52 Å². The number of halogens is 3. The van der Waals surface area contributed by atoms with Crippen molar-refractivity contribution in [1.82, 2.24) is 8.97 Å². The van der Waals surface area contributed by atoms with Crippen molar-refractivity contribution in [3.8, 4) is 5.75 Å². The molecule has 0 aliphatic rings. The average molecular weight is 448 g/mol. The van der Waals surface area contributed by atoms with Crippen molar-refractivity contribution < 1.29 is 23.1 Å². The molecule has 0 radical (unpaired) electrons. The fraction of sp³-hybridized carbons (Fsp3) is 0.417. The van der Waals surface area contributed by atoms with Crippen molar-refractivity contribution in [2.24, 2.45) is 0 Å². The Bertz CT molecular complexity index is 1220. The number of pyridine rings is 1. The summed E-state index contributed by atoms with van der Waals surface area (Å²) in [6, 6.07) is 5.18. The van der Waals surface area contributed by atoms with Crippen LogP contribution in [0.4, 0.5) is 13.2 Å². The number of carbonyl (C=O) groups is 1. The molecule has 0 aliphatic heterocycles. The Kier molecular flexibility index (Phi) is 5.56. The highest BCUT2D eigenvalue weighted by atomic mass is 19.4. The summed E-state index contributed by atoms with van der Waals surface area (Å²) in [5, 5.41) is 19.1. The van der Waals surface area contributed by atoms with Gasteiger partial charge in [0.15, 0.2) is 5.78 Å². The molecule has 2 heterocycles. The molecule has 8 heteroatoms. The van der Waals surface area contributed by atoms with Crippen LogP contribution in [0, 0.1) is 5.41 Å². The second-order valence-electron chi connectivity index (χ2n) is 10.1.